The predicted octanol–water partition coefficient (Wildman–Crippen LogP) is 3.49. The first kappa shape index (κ1) is 29.0. The number of rotatable bonds is 14. The Balaban J connectivity index is 1.71. The van der Waals surface area contributed by atoms with Crippen LogP contribution in [0.4, 0.5) is 0 Å². The lowest BCUT2D eigenvalue weighted by atomic mass is 9.70. The Morgan fingerprint density at radius 1 is 1.26 bits per heavy atom. The van der Waals surface area contributed by atoms with Crippen molar-refractivity contribution in [2.24, 2.45) is 17.8 Å². The Hall–Kier alpha value is -2.97. The van der Waals surface area contributed by atoms with Gasteiger partial charge in [-0.05, 0) is 43.6 Å². The molecule has 2 unspecified atom stereocenters. The number of carbonyl (C=O) groups excluding carboxylic acids is 3. The molecule has 39 heavy (non-hydrogen) atoms. The quantitative estimate of drug-likeness (QED) is 0.221. The van der Waals surface area contributed by atoms with Gasteiger partial charge in [-0.2, -0.15) is 0 Å². The minimum Gasteiger partial charge on any atom is -0.465 e. The molecule has 1 aromatic rings. The van der Waals surface area contributed by atoms with Gasteiger partial charge in [-0.1, -0.05) is 56.3 Å². The summed E-state index contributed by atoms with van der Waals surface area (Å²) in [5, 5.41) is 10.4. The molecule has 2 amide bonds. The van der Waals surface area contributed by atoms with E-state index in [0.717, 1.165) is 12.0 Å². The van der Waals surface area contributed by atoms with Gasteiger partial charge in [0.15, 0.2) is 0 Å². The summed E-state index contributed by atoms with van der Waals surface area (Å²) in [5.41, 5.74) is -0.180. The fraction of sp³-hybridized carbons (Fsp3) is 0.581. The summed E-state index contributed by atoms with van der Waals surface area (Å²) in [6.07, 6.45) is 5.94. The average molecular weight is 539 g/mol. The third-order valence-corrected chi connectivity index (χ3v) is 8.27. The van der Waals surface area contributed by atoms with Crippen molar-refractivity contribution in [2.45, 2.75) is 76.3 Å². The molecule has 1 spiro atoms. The minimum absolute atomic E-state index is 0.181. The average Bonchev–Trinajstić information content (AvgIpc) is 3.57. The zero-order valence-electron chi connectivity index (χ0n) is 23.2. The molecule has 0 aliphatic carbocycles. The predicted molar refractivity (Wildman–Crippen MR) is 147 cm³/mol. The van der Waals surface area contributed by atoms with Gasteiger partial charge in [-0.15, -0.1) is 13.2 Å². The van der Waals surface area contributed by atoms with Crippen LogP contribution in [0.15, 0.2) is 55.6 Å². The van der Waals surface area contributed by atoms with Gasteiger partial charge in [0.25, 0.3) is 0 Å². The van der Waals surface area contributed by atoms with Crippen LogP contribution in [0.1, 0.15) is 51.5 Å². The fourth-order valence-corrected chi connectivity index (χ4v) is 6.71. The van der Waals surface area contributed by atoms with Crippen molar-refractivity contribution in [3.8, 4) is 0 Å². The van der Waals surface area contributed by atoms with Gasteiger partial charge in [0.1, 0.15) is 11.6 Å². The number of aliphatic hydroxyl groups is 1. The van der Waals surface area contributed by atoms with E-state index >= 15 is 0 Å². The molecule has 3 aliphatic rings. The van der Waals surface area contributed by atoms with Crippen molar-refractivity contribution in [1.29, 1.82) is 0 Å². The molecule has 8 heteroatoms. The van der Waals surface area contributed by atoms with E-state index in [4.69, 9.17) is 9.47 Å². The smallest absolute Gasteiger partial charge is 0.312 e. The number of aliphatic hydroxyl groups excluding tert-OH is 1. The molecular formula is C31H42N2O6. The van der Waals surface area contributed by atoms with E-state index in [1.807, 2.05) is 44.2 Å². The summed E-state index contributed by atoms with van der Waals surface area (Å²) in [6.45, 7) is 12.2. The van der Waals surface area contributed by atoms with Gasteiger partial charge in [0.2, 0.25) is 11.8 Å². The van der Waals surface area contributed by atoms with E-state index in [2.05, 4.69) is 13.2 Å². The number of fused-ring (bicyclic) bond motifs is 1. The maximum Gasteiger partial charge on any atom is 0.312 e. The van der Waals surface area contributed by atoms with Gasteiger partial charge < -0.3 is 24.4 Å². The molecular weight excluding hydrogens is 496 g/mol. The lowest BCUT2D eigenvalue weighted by Gasteiger charge is -2.39. The number of carbonyl (C=O) groups is 3. The number of amides is 2. The van der Waals surface area contributed by atoms with Crippen LogP contribution in [0.5, 0.6) is 0 Å². The molecule has 0 saturated carbocycles. The van der Waals surface area contributed by atoms with E-state index in [9.17, 15) is 19.5 Å². The van der Waals surface area contributed by atoms with E-state index in [1.54, 1.807) is 22.0 Å². The van der Waals surface area contributed by atoms with Crippen LogP contribution in [0.2, 0.25) is 0 Å². The normalized spacial score (nSPS) is 27.9. The molecule has 8 nitrogen and oxygen atoms in total. The minimum atomic E-state index is -1.13. The number of hydrogen-bond acceptors (Lipinski definition) is 6. The lowest BCUT2D eigenvalue weighted by molar-refractivity contribution is -0.157. The summed E-state index contributed by atoms with van der Waals surface area (Å²) in [4.78, 5) is 45.2. The number of benzene rings is 1. The number of esters is 1. The second kappa shape index (κ2) is 12.5. The van der Waals surface area contributed by atoms with Crippen molar-refractivity contribution in [1.82, 2.24) is 9.80 Å². The highest BCUT2D eigenvalue weighted by Gasteiger charge is 2.75. The van der Waals surface area contributed by atoms with Crippen molar-refractivity contribution in [2.75, 3.05) is 19.8 Å². The van der Waals surface area contributed by atoms with E-state index in [0.29, 0.717) is 38.8 Å². The molecule has 3 aliphatic heterocycles. The van der Waals surface area contributed by atoms with Crippen molar-refractivity contribution < 1.29 is 29.0 Å². The highest BCUT2D eigenvalue weighted by molar-refractivity contribution is 5.98. The monoisotopic (exact) mass is 538 g/mol. The van der Waals surface area contributed by atoms with Crippen LogP contribution in [-0.4, -0.2) is 76.2 Å². The number of unbranched alkanes of at least 4 members (excludes halogenated alkanes) is 1. The molecule has 1 N–H and O–H groups in total. The zero-order chi connectivity index (χ0) is 28.2. The Morgan fingerprint density at radius 3 is 2.64 bits per heavy atom. The molecule has 1 aromatic carbocycles. The maximum atomic E-state index is 14.4. The Bertz CT molecular complexity index is 1060. The molecule has 3 saturated heterocycles. The van der Waals surface area contributed by atoms with Crippen molar-refractivity contribution in [3.05, 3.63) is 61.2 Å². The van der Waals surface area contributed by atoms with Crippen LogP contribution in [-0.2, 0) is 30.4 Å². The fourth-order valence-electron chi connectivity index (χ4n) is 6.71. The Kier molecular flexibility index (Phi) is 9.28. The standard InChI is InChI=1S/C31H42N2O6/c1-5-7-11-17-38-30(37)25-24-14-15-31(39-24)26(25)28(35)33(23(20-34)18-21(3)4)27(31)29(36)32(16-6-2)19-22-12-9-8-10-13-22/h5-6,8-10,12-13,21,23-27,34H,1-2,7,11,14-20H2,3-4H3/t23-,24-,25+,26+,27?,31?/m1/s1. The molecule has 212 valence electrons. The van der Waals surface area contributed by atoms with Crippen LogP contribution < -0.4 is 0 Å². The second-order valence-corrected chi connectivity index (χ2v) is 11.4. The van der Waals surface area contributed by atoms with Crippen molar-refractivity contribution >= 4 is 17.8 Å². The third kappa shape index (κ3) is 5.54. The number of ether oxygens (including phenoxy) is 2. The van der Waals surface area contributed by atoms with E-state index < -0.39 is 41.6 Å². The summed E-state index contributed by atoms with van der Waals surface area (Å²) in [7, 11) is 0. The zero-order valence-corrected chi connectivity index (χ0v) is 23.2. The first-order valence-electron chi connectivity index (χ1n) is 14.1. The summed E-state index contributed by atoms with van der Waals surface area (Å²) >= 11 is 0. The van der Waals surface area contributed by atoms with Crippen LogP contribution in [0.3, 0.4) is 0 Å². The van der Waals surface area contributed by atoms with Gasteiger partial charge in [0.05, 0.1) is 37.2 Å². The van der Waals surface area contributed by atoms with Gasteiger partial charge in [0, 0.05) is 13.1 Å². The van der Waals surface area contributed by atoms with Gasteiger partial charge >= 0.3 is 5.97 Å². The summed E-state index contributed by atoms with van der Waals surface area (Å²) < 4.78 is 12.1. The van der Waals surface area contributed by atoms with Crippen molar-refractivity contribution in [3.63, 3.8) is 0 Å². The molecule has 4 rings (SSSR count). The molecule has 3 heterocycles. The summed E-state index contributed by atoms with van der Waals surface area (Å²) in [6, 6.07) is 8.15. The largest absolute Gasteiger partial charge is 0.465 e. The highest BCUT2D eigenvalue weighted by atomic mass is 16.6. The Labute approximate surface area is 231 Å². The SMILES string of the molecule is C=CCCCOC(=O)[C@@H]1[C@H]2C(=O)N([C@@H](CO)CC(C)C)C(C(=O)N(CC=C)Cc3ccccc3)C23CC[C@H]1O3. The van der Waals surface area contributed by atoms with Gasteiger partial charge in [-0.25, -0.2) is 0 Å². The van der Waals surface area contributed by atoms with E-state index in [1.165, 1.54) is 0 Å². The summed E-state index contributed by atoms with van der Waals surface area (Å²) in [5.74, 6) is -2.41. The molecule has 3 fully saturated rings. The maximum absolute atomic E-state index is 14.4. The molecule has 6 atom stereocenters. The number of nitrogens with zero attached hydrogens (tertiary/aromatic N) is 2. The molecule has 0 radical (unpaired) electrons. The Morgan fingerprint density at radius 2 is 2.00 bits per heavy atom. The third-order valence-electron chi connectivity index (χ3n) is 8.27. The van der Waals surface area contributed by atoms with Crippen LogP contribution in [0, 0.1) is 17.8 Å². The first-order valence-corrected chi connectivity index (χ1v) is 14.1. The van der Waals surface area contributed by atoms with Crippen LogP contribution in [0.25, 0.3) is 0 Å². The lowest BCUT2D eigenvalue weighted by Crippen LogP contribution is -2.58. The second-order valence-electron chi connectivity index (χ2n) is 11.4. The molecule has 2 bridgehead atoms. The molecule has 0 aromatic heterocycles. The van der Waals surface area contributed by atoms with E-state index in [-0.39, 0.29) is 30.9 Å². The highest BCUT2D eigenvalue weighted by Crippen LogP contribution is 2.59. The number of likely N-dealkylation sites (tertiary alicyclic amines) is 1. The van der Waals surface area contributed by atoms with Crippen LogP contribution >= 0.6 is 0 Å². The number of hydrogen-bond donors (Lipinski definition) is 1. The first-order chi connectivity index (χ1) is 18.8. The topological polar surface area (TPSA) is 96.4 Å². The van der Waals surface area contributed by atoms with Gasteiger partial charge in [-0.3, -0.25) is 14.4 Å². The number of allylic oxidation sites excluding steroid dienone is 1.